The standard InChI is InChI=1S/C24H26ClN3O2/c1-3-15-27(23(29)16-9-10-16)21(4-2)22-26-20-8-6-5-7-19(20)24(30)28(22)18-13-11-17(25)12-14-18/h5-8,11-14,16,21H,3-4,9-10,15H2,1-2H3. The maximum atomic E-state index is 13.5. The van der Waals surface area contributed by atoms with Gasteiger partial charge in [0.1, 0.15) is 5.82 Å². The molecule has 30 heavy (non-hydrogen) atoms. The highest BCUT2D eigenvalue weighted by atomic mass is 35.5. The third-order valence-electron chi connectivity index (χ3n) is 5.62. The number of halogens is 1. The highest BCUT2D eigenvalue weighted by Gasteiger charge is 2.37. The third kappa shape index (κ3) is 3.86. The van der Waals surface area contributed by atoms with Crippen molar-refractivity contribution in [3.63, 3.8) is 0 Å². The molecule has 0 saturated heterocycles. The summed E-state index contributed by atoms with van der Waals surface area (Å²) in [5.74, 6) is 0.890. The maximum absolute atomic E-state index is 13.5. The average molecular weight is 424 g/mol. The van der Waals surface area contributed by atoms with Crippen LogP contribution in [0.3, 0.4) is 0 Å². The molecular formula is C24H26ClN3O2. The summed E-state index contributed by atoms with van der Waals surface area (Å²) in [6.07, 6.45) is 3.43. The quantitative estimate of drug-likeness (QED) is 0.528. The highest BCUT2D eigenvalue weighted by Crippen LogP contribution is 2.35. The van der Waals surface area contributed by atoms with E-state index >= 15 is 0 Å². The van der Waals surface area contributed by atoms with Gasteiger partial charge in [-0.05, 0) is 62.1 Å². The van der Waals surface area contributed by atoms with Gasteiger partial charge < -0.3 is 4.90 Å². The molecule has 156 valence electrons. The van der Waals surface area contributed by atoms with Crippen molar-refractivity contribution in [2.75, 3.05) is 6.54 Å². The number of rotatable bonds is 7. The van der Waals surface area contributed by atoms with E-state index in [2.05, 4.69) is 6.92 Å². The van der Waals surface area contributed by atoms with Crippen molar-refractivity contribution in [3.05, 3.63) is 69.7 Å². The van der Waals surface area contributed by atoms with Crippen LogP contribution in [0.4, 0.5) is 0 Å². The molecule has 1 amide bonds. The van der Waals surface area contributed by atoms with E-state index in [0.29, 0.717) is 40.4 Å². The summed E-state index contributed by atoms with van der Waals surface area (Å²) in [4.78, 5) is 33.5. The molecule has 1 unspecified atom stereocenters. The Hall–Kier alpha value is -2.66. The second-order valence-corrected chi connectivity index (χ2v) is 8.27. The van der Waals surface area contributed by atoms with Crippen LogP contribution >= 0.6 is 11.6 Å². The molecule has 0 radical (unpaired) electrons. The van der Waals surface area contributed by atoms with E-state index in [0.717, 1.165) is 19.3 Å². The van der Waals surface area contributed by atoms with Crippen molar-refractivity contribution >= 4 is 28.4 Å². The largest absolute Gasteiger partial charge is 0.332 e. The van der Waals surface area contributed by atoms with Gasteiger partial charge in [0.05, 0.1) is 22.6 Å². The Morgan fingerprint density at radius 1 is 1.17 bits per heavy atom. The van der Waals surface area contributed by atoms with Crippen molar-refractivity contribution in [1.29, 1.82) is 0 Å². The second-order valence-electron chi connectivity index (χ2n) is 7.83. The van der Waals surface area contributed by atoms with Gasteiger partial charge >= 0.3 is 0 Å². The van der Waals surface area contributed by atoms with Gasteiger partial charge in [-0.25, -0.2) is 4.98 Å². The van der Waals surface area contributed by atoms with Crippen LogP contribution in [0.15, 0.2) is 53.3 Å². The Morgan fingerprint density at radius 2 is 1.87 bits per heavy atom. The Bertz CT molecular complexity index is 1120. The summed E-state index contributed by atoms with van der Waals surface area (Å²) in [5, 5.41) is 1.16. The van der Waals surface area contributed by atoms with Gasteiger partial charge in [0.25, 0.3) is 5.56 Å². The van der Waals surface area contributed by atoms with Gasteiger partial charge in [0.2, 0.25) is 5.91 Å². The smallest absolute Gasteiger partial charge is 0.266 e. The first-order valence-corrected chi connectivity index (χ1v) is 11.0. The number of nitrogens with zero attached hydrogens (tertiary/aromatic N) is 3. The number of para-hydroxylation sites is 1. The lowest BCUT2D eigenvalue weighted by Crippen LogP contribution is -2.39. The van der Waals surface area contributed by atoms with Crippen molar-refractivity contribution in [3.8, 4) is 5.69 Å². The van der Waals surface area contributed by atoms with Crippen LogP contribution in [-0.2, 0) is 4.79 Å². The number of benzene rings is 2. The summed E-state index contributed by atoms with van der Waals surface area (Å²) >= 11 is 6.08. The van der Waals surface area contributed by atoms with Crippen LogP contribution in [0.5, 0.6) is 0 Å². The first-order chi connectivity index (χ1) is 14.5. The lowest BCUT2D eigenvalue weighted by atomic mass is 10.1. The first kappa shape index (κ1) is 20.6. The zero-order valence-electron chi connectivity index (χ0n) is 17.3. The van der Waals surface area contributed by atoms with Gasteiger partial charge in [-0.3, -0.25) is 14.2 Å². The molecule has 1 atom stereocenters. The summed E-state index contributed by atoms with van der Waals surface area (Å²) in [6, 6.07) is 14.3. The molecule has 1 saturated carbocycles. The molecular weight excluding hydrogens is 398 g/mol. The summed E-state index contributed by atoms with van der Waals surface area (Å²) in [7, 11) is 0. The van der Waals surface area contributed by atoms with Gasteiger partial charge in [0, 0.05) is 17.5 Å². The summed E-state index contributed by atoms with van der Waals surface area (Å²) < 4.78 is 1.65. The van der Waals surface area contributed by atoms with Crippen LogP contribution in [0.1, 0.15) is 51.4 Å². The predicted molar refractivity (Wildman–Crippen MR) is 120 cm³/mol. The minimum absolute atomic E-state index is 0.113. The molecule has 0 aliphatic heterocycles. The second kappa shape index (κ2) is 8.60. The van der Waals surface area contributed by atoms with E-state index in [1.54, 1.807) is 22.8 Å². The molecule has 6 heteroatoms. The molecule has 0 spiro atoms. The molecule has 1 heterocycles. The number of carbonyl (C=O) groups is 1. The molecule has 3 aromatic rings. The Labute approximate surface area is 181 Å². The van der Waals surface area contributed by atoms with Crippen LogP contribution < -0.4 is 5.56 Å². The fourth-order valence-electron chi connectivity index (χ4n) is 3.98. The molecule has 1 aromatic heterocycles. The average Bonchev–Trinajstić information content (AvgIpc) is 3.60. The molecule has 4 rings (SSSR count). The fraction of sp³-hybridized carbons (Fsp3) is 0.375. The maximum Gasteiger partial charge on any atom is 0.266 e. The zero-order chi connectivity index (χ0) is 21.3. The van der Waals surface area contributed by atoms with E-state index < -0.39 is 0 Å². The van der Waals surface area contributed by atoms with Gasteiger partial charge in [-0.2, -0.15) is 0 Å². The number of hydrogen-bond donors (Lipinski definition) is 0. The normalized spacial score (nSPS) is 14.6. The molecule has 5 nitrogen and oxygen atoms in total. The Kier molecular flexibility index (Phi) is 5.91. The van der Waals surface area contributed by atoms with Crippen molar-refractivity contribution < 1.29 is 4.79 Å². The summed E-state index contributed by atoms with van der Waals surface area (Å²) in [6.45, 7) is 4.76. The van der Waals surface area contributed by atoms with Crippen LogP contribution in [0.2, 0.25) is 5.02 Å². The molecule has 1 fully saturated rings. The minimum atomic E-state index is -0.272. The summed E-state index contributed by atoms with van der Waals surface area (Å²) in [5.41, 5.74) is 1.22. The SMILES string of the molecule is CCCN(C(=O)C1CC1)C(CC)c1nc2ccccc2c(=O)n1-c1ccc(Cl)cc1. The third-order valence-corrected chi connectivity index (χ3v) is 5.87. The van der Waals surface area contributed by atoms with E-state index in [4.69, 9.17) is 16.6 Å². The topological polar surface area (TPSA) is 55.2 Å². The lowest BCUT2D eigenvalue weighted by Gasteiger charge is -2.32. The van der Waals surface area contributed by atoms with Crippen LogP contribution in [0, 0.1) is 5.92 Å². The monoisotopic (exact) mass is 423 g/mol. The number of aromatic nitrogens is 2. The van der Waals surface area contributed by atoms with Gasteiger partial charge in [-0.1, -0.05) is 37.6 Å². The highest BCUT2D eigenvalue weighted by molar-refractivity contribution is 6.30. The zero-order valence-corrected chi connectivity index (χ0v) is 18.1. The molecule has 2 aromatic carbocycles. The Morgan fingerprint density at radius 3 is 2.50 bits per heavy atom. The van der Waals surface area contributed by atoms with E-state index in [-0.39, 0.29) is 23.4 Å². The molecule has 0 bridgehead atoms. The van der Waals surface area contributed by atoms with Crippen molar-refractivity contribution in [1.82, 2.24) is 14.5 Å². The Balaban J connectivity index is 1.94. The first-order valence-electron chi connectivity index (χ1n) is 10.6. The number of hydrogen-bond acceptors (Lipinski definition) is 3. The number of amides is 1. The van der Waals surface area contributed by atoms with E-state index in [9.17, 15) is 9.59 Å². The van der Waals surface area contributed by atoms with Gasteiger partial charge in [-0.15, -0.1) is 0 Å². The lowest BCUT2D eigenvalue weighted by molar-refractivity contribution is -0.135. The van der Waals surface area contributed by atoms with E-state index in [1.807, 2.05) is 42.2 Å². The molecule has 1 aliphatic rings. The minimum Gasteiger partial charge on any atom is -0.332 e. The van der Waals surface area contributed by atoms with Crippen molar-refractivity contribution in [2.45, 2.75) is 45.6 Å². The van der Waals surface area contributed by atoms with Gasteiger partial charge in [0.15, 0.2) is 0 Å². The van der Waals surface area contributed by atoms with E-state index in [1.165, 1.54) is 0 Å². The predicted octanol–water partition coefficient (Wildman–Crippen LogP) is 5.14. The van der Waals surface area contributed by atoms with Crippen molar-refractivity contribution in [2.24, 2.45) is 5.92 Å². The molecule has 1 aliphatic carbocycles. The molecule has 0 N–H and O–H groups in total. The number of fused-ring (bicyclic) bond motifs is 1. The number of carbonyl (C=O) groups excluding carboxylic acids is 1. The van der Waals surface area contributed by atoms with Crippen LogP contribution in [-0.4, -0.2) is 26.9 Å². The fourth-order valence-corrected chi connectivity index (χ4v) is 4.11. The van der Waals surface area contributed by atoms with Crippen LogP contribution in [0.25, 0.3) is 16.6 Å².